The van der Waals surface area contributed by atoms with Gasteiger partial charge in [0, 0.05) is 13.0 Å². The van der Waals surface area contributed by atoms with Gasteiger partial charge in [-0.05, 0) is 0 Å². The zero-order valence-electron chi connectivity index (χ0n) is 5.78. The van der Waals surface area contributed by atoms with E-state index in [2.05, 4.69) is 14.7 Å². The highest BCUT2D eigenvalue weighted by Crippen LogP contribution is 1.95. The Morgan fingerprint density at radius 3 is 2.82 bits per heavy atom. The minimum absolute atomic E-state index is 0.103. The van der Waals surface area contributed by atoms with E-state index >= 15 is 0 Å². The summed E-state index contributed by atoms with van der Waals surface area (Å²) in [6.07, 6.45) is 0.459. The second kappa shape index (κ2) is 3.11. The first-order valence-electron chi connectivity index (χ1n) is 3.06. The van der Waals surface area contributed by atoms with E-state index in [9.17, 15) is 4.79 Å². The van der Waals surface area contributed by atoms with Gasteiger partial charge in [0.1, 0.15) is 0 Å². The standard InChI is InChI=1S/C5H8N4O2/c6-2-1-3-8-5(4(7)10)9-11-3/h1-2,6H2,(H2,7,10). The van der Waals surface area contributed by atoms with Gasteiger partial charge in [-0.2, -0.15) is 4.98 Å². The van der Waals surface area contributed by atoms with Gasteiger partial charge < -0.3 is 16.0 Å². The summed E-state index contributed by atoms with van der Waals surface area (Å²) in [5.74, 6) is -0.466. The molecule has 0 aromatic carbocycles. The van der Waals surface area contributed by atoms with Crippen LogP contribution in [0.25, 0.3) is 0 Å². The molecule has 0 unspecified atom stereocenters. The third-order valence-electron chi connectivity index (χ3n) is 1.05. The Balaban J connectivity index is 2.73. The predicted octanol–water partition coefficient (Wildman–Crippen LogP) is -1.33. The van der Waals surface area contributed by atoms with Crippen molar-refractivity contribution in [1.82, 2.24) is 10.1 Å². The van der Waals surface area contributed by atoms with Crippen molar-refractivity contribution in [3.63, 3.8) is 0 Å². The number of amides is 1. The molecule has 1 amide bonds. The van der Waals surface area contributed by atoms with E-state index in [1.165, 1.54) is 0 Å². The Morgan fingerprint density at radius 2 is 2.36 bits per heavy atom. The van der Waals surface area contributed by atoms with Crippen LogP contribution in [-0.4, -0.2) is 22.6 Å². The third kappa shape index (κ3) is 1.74. The molecule has 6 heteroatoms. The van der Waals surface area contributed by atoms with Crippen molar-refractivity contribution in [3.05, 3.63) is 11.7 Å². The molecule has 0 fully saturated rings. The molecule has 11 heavy (non-hydrogen) atoms. The first-order chi connectivity index (χ1) is 5.24. The quantitative estimate of drug-likeness (QED) is 0.563. The van der Waals surface area contributed by atoms with Crippen molar-refractivity contribution in [2.75, 3.05) is 6.54 Å². The van der Waals surface area contributed by atoms with E-state index in [4.69, 9.17) is 11.5 Å². The molecule has 1 rings (SSSR count). The van der Waals surface area contributed by atoms with Crippen molar-refractivity contribution in [2.45, 2.75) is 6.42 Å². The van der Waals surface area contributed by atoms with Crippen LogP contribution >= 0.6 is 0 Å². The van der Waals surface area contributed by atoms with Crippen LogP contribution in [0.5, 0.6) is 0 Å². The molecule has 0 aliphatic carbocycles. The van der Waals surface area contributed by atoms with Crippen molar-refractivity contribution >= 4 is 5.91 Å². The number of carbonyl (C=O) groups is 1. The number of primary amides is 1. The monoisotopic (exact) mass is 156 g/mol. The first-order valence-corrected chi connectivity index (χ1v) is 3.06. The summed E-state index contributed by atoms with van der Waals surface area (Å²) in [6.45, 7) is 0.403. The highest BCUT2D eigenvalue weighted by atomic mass is 16.5. The lowest BCUT2D eigenvalue weighted by molar-refractivity contribution is 0.0987. The summed E-state index contributed by atoms with van der Waals surface area (Å²) < 4.78 is 4.62. The van der Waals surface area contributed by atoms with Crippen LogP contribution in [0.4, 0.5) is 0 Å². The largest absolute Gasteiger partial charge is 0.363 e. The Kier molecular flexibility index (Phi) is 2.17. The Morgan fingerprint density at radius 1 is 1.64 bits per heavy atom. The second-order valence-electron chi connectivity index (χ2n) is 1.91. The predicted molar refractivity (Wildman–Crippen MR) is 35.6 cm³/mol. The average Bonchev–Trinajstić information content (AvgIpc) is 2.37. The first kappa shape index (κ1) is 7.67. The van der Waals surface area contributed by atoms with Crippen LogP contribution in [0, 0.1) is 0 Å². The van der Waals surface area contributed by atoms with Crippen molar-refractivity contribution < 1.29 is 9.32 Å². The van der Waals surface area contributed by atoms with Crippen LogP contribution < -0.4 is 11.5 Å². The minimum Gasteiger partial charge on any atom is -0.363 e. The molecule has 0 atom stereocenters. The number of nitrogens with zero attached hydrogens (tertiary/aromatic N) is 2. The topological polar surface area (TPSA) is 108 Å². The molecule has 0 saturated carbocycles. The molecule has 1 aromatic heterocycles. The number of nitrogens with two attached hydrogens (primary N) is 2. The van der Waals surface area contributed by atoms with Gasteiger partial charge in [-0.25, -0.2) is 0 Å². The maximum absolute atomic E-state index is 10.4. The van der Waals surface area contributed by atoms with Crippen LogP contribution in [-0.2, 0) is 6.42 Å². The fraction of sp³-hybridized carbons (Fsp3) is 0.400. The van der Waals surface area contributed by atoms with Gasteiger partial charge in [0.25, 0.3) is 11.7 Å². The maximum Gasteiger partial charge on any atom is 0.290 e. The van der Waals surface area contributed by atoms with Crippen LogP contribution in [0.2, 0.25) is 0 Å². The molecule has 0 spiro atoms. The van der Waals surface area contributed by atoms with E-state index in [0.29, 0.717) is 18.9 Å². The number of rotatable bonds is 3. The van der Waals surface area contributed by atoms with Gasteiger partial charge in [0.2, 0.25) is 5.89 Å². The van der Waals surface area contributed by atoms with E-state index in [0.717, 1.165) is 0 Å². The molecule has 0 aliphatic rings. The summed E-state index contributed by atoms with van der Waals surface area (Å²) in [5, 5.41) is 3.32. The summed E-state index contributed by atoms with van der Waals surface area (Å²) >= 11 is 0. The molecule has 1 heterocycles. The average molecular weight is 156 g/mol. The van der Waals surface area contributed by atoms with Crippen molar-refractivity contribution in [2.24, 2.45) is 11.5 Å². The highest BCUT2D eigenvalue weighted by Gasteiger charge is 2.09. The molecular weight excluding hydrogens is 148 g/mol. The number of carbonyl (C=O) groups excluding carboxylic acids is 1. The molecule has 60 valence electrons. The Hall–Kier alpha value is -1.43. The molecule has 0 aliphatic heterocycles. The van der Waals surface area contributed by atoms with E-state index in [1.807, 2.05) is 0 Å². The lowest BCUT2D eigenvalue weighted by Gasteiger charge is -1.83. The second-order valence-corrected chi connectivity index (χ2v) is 1.91. The number of hydrogen-bond acceptors (Lipinski definition) is 5. The minimum atomic E-state index is -0.697. The highest BCUT2D eigenvalue weighted by molar-refractivity contribution is 5.88. The van der Waals surface area contributed by atoms with Crippen LogP contribution in [0.15, 0.2) is 4.52 Å². The van der Waals surface area contributed by atoms with E-state index < -0.39 is 5.91 Å². The summed E-state index contributed by atoms with van der Waals surface area (Å²) in [4.78, 5) is 14.1. The summed E-state index contributed by atoms with van der Waals surface area (Å²) in [5.41, 5.74) is 10.1. The zero-order chi connectivity index (χ0) is 8.27. The number of aromatic nitrogens is 2. The number of hydrogen-bond donors (Lipinski definition) is 2. The van der Waals surface area contributed by atoms with Crippen molar-refractivity contribution in [3.8, 4) is 0 Å². The van der Waals surface area contributed by atoms with Crippen molar-refractivity contribution in [1.29, 1.82) is 0 Å². The lowest BCUT2D eigenvalue weighted by atomic mass is 10.4. The molecule has 6 nitrogen and oxygen atoms in total. The molecule has 0 saturated heterocycles. The van der Waals surface area contributed by atoms with E-state index in [1.54, 1.807) is 0 Å². The van der Waals surface area contributed by atoms with Gasteiger partial charge in [0.15, 0.2) is 0 Å². The third-order valence-corrected chi connectivity index (χ3v) is 1.05. The van der Waals surface area contributed by atoms with Gasteiger partial charge >= 0.3 is 0 Å². The van der Waals surface area contributed by atoms with Crippen LogP contribution in [0.1, 0.15) is 16.5 Å². The molecule has 1 aromatic rings. The van der Waals surface area contributed by atoms with E-state index in [-0.39, 0.29) is 5.82 Å². The maximum atomic E-state index is 10.4. The fourth-order valence-electron chi connectivity index (χ4n) is 0.580. The van der Waals surface area contributed by atoms with Gasteiger partial charge in [-0.15, -0.1) is 0 Å². The SMILES string of the molecule is NCCc1nc(C(N)=O)no1. The molecule has 0 radical (unpaired) electrons. The van der Waals surface area contributed by atoms with Crippen LogP contribution in [0.3, 0.4) is 0 Å². The van der Waals surface area contributed by atoms with Gasteiger partial charge in [-0.1, -0.05) is 5.16 Å². The zero-order valence-corrected chi connectivity index (χ0v) is 5.78. The molecular formula is C5H8N4O2. The smallest absolute Gasteiger partial charge is 0.290 e. The summed E-state index contributed by atoms with van der Waals surface area (Å²) in [7, 11) is 0. The normalized spacial score (nSPS) is 9.91. The molecule has 4 N–H and O–H groups in total. The lowest BCUT2D eigenvalue weighted by Crippen LogP contribution is -2.13. The van der Waals surface area contributed by atoms with Gasteiger partial charge in [-0.3, -0.25) is 4.79 Å². The van der Waals surface area contributed by atoms with Gasteiger partial charge in [0.05, 0.1) is 0 Å². The Bertz CT molecular complexity index is 257. The Labute approximate surface area is 62.6 Å². The summed E-state index contributed by atoms with van der Waals surface area (Å²) in [6, 6.07) is 0. The fourth-order valence-corrected chi connectivity index (χ4v) is 0.580. The molecule has 0 bridgehead atoms.